The number of nitrogens with zero attached hydrogens (tertiary/aromatic N) is 1. The van der Waals surface area contributed by atoms with Gasteiger partial charge >= 0.3 is 0 Å². The van der Waals surface area contributed by atoms with Gasteiger partial charge in [-0.15, -0.1) is 0 Å². The van der Waals surface area contributed by atoms with Crippen LogP contribution in [0.3, 0.4) is 0 Å². The molecular formula is C16H22N2. The molecule has 2 aliphatic carbocycles. The fourth-order valence-electron chi connectivity index (χ4n) is 4.60. The molecule has 18 heavy (non-hydrogen) atoms. The van der Waals surface area contributed by atoms with Crippen molar-refractivity contribution in [3.05, 3.63) is 35.4 Å². The number of fused-ring (bicyclic) bond motifs is 3. The summed E-state index contributed by atoms with van der Waals surface area (Å²) in [5, 5.41) is 3.56. The maximum Gasteiger partial charge on any atom is 0.0481 e. The highest BCUT2D eigenvalue weighted by Gasteiger charge is 2.45. The van der Waals surface area contributed by atoms with E-state index < -0.39 is 0 Å². The first-order chi connectivity index (χ1) is 8.86. The number of hydrogen-bond donors (Lipinski definition) is 1. The van der Waals surface area contributed by atoms with E-state index in [9.17, 15) is 0 Å². The number of piperidine rings is 1. The van der Waals surface area contributed by atoms with Crippen molar-refractivity contribution in [2.45, 2.75) is 43.8 Å². The van der Waals surface area contributed by atoms with Crippen LogP contribution >= 0.6 is 0 Å². The maximum absolute atomic E-state index is 3.56. The third-order valence-electron chi connectivity index (χ3n) is 5.39. The molecule has 1 saturated carbocycles. The molecule has 0 radical (unpaired) electrons. The molecule has 4 unspecified atom stereocenters. The van der Waals surface area contributed by atoms with Gasteiger partial charge < -0.3 is 5.32 Å². The van der Waals surface area contributed by atoms with E-state index in [1.807, 2.05) is 0 Å². The van der Waals surface area contributed by atoms with Crippen LogP contribution in [-0.2, 0) is 6.42 Å². The minimum atomic E-state index is 0.542. The van der Waals surface area contributed by atoms with Crippen molar-refractivity contribution < 1.29 is 0 Å². The number of benzene rings is 1. The van der Waals surface area contributed by atoms with E-state index in [0.29, 0.717) is 12.1 Å². The second-order valence-electron chi connectivity index (χ2n) is 6.27. The number of likely N-dealkylation sites (N-methyl/N-ethyl adjacent to an activating group) is 1. The lowest BCUT2D eigenvalue weighted by Crippen LogP contribution is -2.46. The zero-order chi connectivity index (χ0) is 12.1. The van der Waals surface area contributed by atoms with Crippen LogP contribution in [0.25, 0.3) is 0 Å². The normalized spacial score (nSPS) is 38.3. The van der Waals surface area contributed by atoms with Gasteiger partial charge in [-0.25, -0.2) is 0 Å². The van der Waals surface area contributed by atoms with Crippen LogP contribution in [0.2, 0.25) is 0 Å². The Morgan fingerprint density at radius 2 is 2.11 bits per heavy atom. The van der Waals surface area contributed by atoms with Gasteiger partial charge in [-0.3, -0.25) is 4.90 Å². The van der Waals surface area contributed by atoms with Gasteiger partial charge in [0.25, 0.3) is 0 Å². The minimum absolute atomic E-state index is 0.542. The minimum Gasteiger partial charge on any atom is -0.312 e. The van der Waals surface area contributed by atoms with Crippen LogP contribution in [-0.4, -0.2) is 30.6 Å². The predicted molar refractivity (Wildman–Crippen MR) is 73.6 cm³/mol. The monoisotopic (exact) mass is 242 g/mol. The fraction of sp³-hybridized carbons (Fsp3) is 0.625. The Hall–Kier alpha value is -0.860. The van der Waals surface area contributed by atoms with E-state index in [-0.39, 0.29) is 0 Å². The second kappa shape index (κ2) is 4.07. The van der Waals surface area contributed by atoms with Gasteiger partial charge in [0.05, 0.1) is 0 Å². The van der Waals surface area contributed by atoms with Crippen molar-refractivity contribution >= 4 is 0 Å². The molecule has 2 bridgehead atoms. The summed E-state index contributed by atoms with van der Waals surface area (Å²) in [6.45, 7) is 1.35. The Labute approximate surface area is 109 Å². The van der Waals surface area contributed by atoms with Crippen molar-refractivity contribution in [3.63, 3.8) is 0 Å². The molecule has 1 aliphatic heterocycles. The summed E-state index contributed by atoms with van der Waals surface area (Å²) in [6, 6.07) is 11.1. The first-order valence-electron chi connectivity index (χ1n) is 7.37. The Kier molecular flexibility index (Phi) is 2.49. The van der Waals surface area contributed by atoms with Crippen molar-refractivity contribution in [3.8, 4) is 0 Å². The summed E-state index contributed by atoms with van der Waals surface area (Å²) in [4.78, 5) is 2.81. The average molecular weight is 242 g/mol. The third kappa shape index (κ3) is 1.49. The van der Waals surface area contributed by atoms with E-state index in [2.05, 4.69) is 41.5 Å². The Morgan fingerprint density at radius 1 is 1.22 bits per heavy atom. The topological polar surface area (TPSA) is 15.3 Å². The molecule has 96 valence electrons. The summed E-state index contributed by atoms with van der Waals surface area (Å²) in [5.74, 6) is 0.996. The molecule has 2 heteroatoms. The van der Waals surface area contributed by atoms with Crippen LogP contribution in [0.15, 0.2) is 24.3 Å². The highest BCUT2D eigenvalue weighted by Crippen LogP contribution is 2.44. The number of likely N-dealkylation sites (tertiary alicyclic amines) is 1. The van der Waals surface area contributed by atoms with Crippen molar-refractivity contribution in [2.75, 3.05) is 13.6 Å². The summed E-state index contributed by atoms with van der Waals surface area (Å²) in [7, 11) is 2.12. The van der Waals surface area contributed by atoms with E-state index >= 15 is 0 Å². The van der Waals surface area contributed by atoms with Crippen molar-refractivity contribution in [1.82, 2.24) is 10.2 Å². The molecule has 4 rings (SSSR count). The summed E-state index contributed by atoms with van der Waals surface area (Å²) in [5.41, 5.74) is 3.09. The van der Waals surface area contributed by atoms with Gasteiger partial charge in [0, 0.05) is 24.7 Å². The molecule has 2 fully saturated rings. The van der Waals surface area contributed by atoms with Crippen LogP contribution < -0.4 is 5.32 Å². The molecule has 1 aromatic carbocycles. The lowest BCUT2D eigenvalue weighted by atomic mass is 10.0. The Balaban J connectivity index is 1.64. The molecule has 1 N–H and O–H groups in total. The van der Waals surface area contributed by atoms with Crippen LogP contribution in [0, 0.1) is 5.92 Å². The number of nitrogens with one attached hydrogen (secondary N) is 1. The van der Waals surface area contributed by atoms with Gasteiger partial charge in [0.1, 0.15) is 0 Å². The third-order valence-corrected chi connectivity index (χ3v) is 5.39. The zero-order valence-corrected chi connectivity index (χ0v) is 11.1. The molecule has 0 spiro atoms. The Morgan fingerprint density at radius 3 is 2.83 bits per heavy atom. The van der Waals surface area contributed by atoms with Crippen LogP contribution in [0.4, 0.5) is 0 Å². The van der Waals surface area contributed by atoms with Gasteiger partial charge in [-0.1, -0.05) is 24.3 Å². The molecule has 0 aromatic heterocycles. The average Bonchev–Trinajstić information content (AvgIpc) is 3.10. The van der Waals surface area contributed by atoms with Gasteiger partial charge in [0.15, 0.2) is 0 Å². The summed E-state index contributed by atoms with van der Waals surface area (Å²) >= 11 is 0. The van der Waals surface area contributed by atoms with E-state index in [1.54, 1.807) is 5.56 Å². The van der Waals surface area contributed by atoms with Gasteiger partial charge in [-0.05, 0) is 49.8 Å². The van der Waals surface area contributed by atoms with E-state index in [1.165, 1.54) is 37.8 Å². The SMILES string of the molecule is CNC1c2ccccc2CC1N1CC2CCC1C2. The zero-order valence-electron chi connectivity index (χ0n) is 11.1. The number of hydrogen-bond acceptors (Lipinski definition) is 2. The van der Waals surface area contributed by atoms with E-state index in [4.69, 9.17) is 0 Å². The number of rotatable bonds is 2. The molecule has 1 heterocycles. The standard InChI is InChI=1S/C16H22N2/c1-17-16-14-5-3-2-4-12(14)9-15(16)18-10-11-6-7-13(18)8-11/h2-5,11,13,15-17H,6-10H2,1H3. The molecule has 2 nitrogen and oxygen atoms in total. The largest absolute Gasteiger partial charge is 0.312 e. The molecule has 0 amide bonds. The predicted octanol–water partition coefficient (Wildman–Crippen LogP) is 2.36. The maximum atomic E-state index is 3.56. The summed E-state index contributed by atoms with van der Waals surface area (Å²) < 4.78 is 0. The van der Waals surface area contributed by atoms with Crippen molar-refractivity contribution in [2.24, 2.45) is 5.92 Å². The van der Waals surface area contributed by atoms with E-state index in [0.717, 1.165) is 12.0 Å². The molecule has 1 saturated heterocycles. The highest BCUT2D eigenvalue weighted by molar-refractivity contribution is 5.37. The van der Waals surface area contributed by atoms with Gasteiger partial charge in [-0.2, -0.15) is 0 Å². The van der Waals surface area contributed by atoms with Gasteiger partial charge in [0.2, 0.25) is 0 Å². The molecule has 3 aliphatic rings. The molecular weight excluding hydrogens is 220 g/mol. The fourth-order valence-corrected chi connectivity index (χ4v) is 4.60. The first-order valence-corrected chi connectivity index (χ1v) is 7.37. The Bertz CT molecular complexity index is 456. The second-order valence-corrected chi connectivity index (χ2v) is 6.27. The lowest BCUT2D eigenvalue weighted by molar-refractivity contribution is 0.128. The summed E-state index contributed by atoms with van der Waals surface area (Å²) in [6.07, 6.45) is 5.62. The van der Waals surface area contributed by atoms with Crippen molar-refractivity contribution in [1.29, 1.82) is 0 Å². The molecule has 1 aromatic rings. The molecule has 4 atom stereocenters. The van der Waals surface area contributed by atoms with Crippen LogP contribution in [0.5, 0.6) is 0 Å². The lowest BCUT2D eigenvalue weighted by Gasteiger charge is -2.36. The van der Waals surface area contributed by atoms with Crippen LogP contribution in [0.1, 0.15) is 36.4 Å². The smallest absolute Gasteiger partial charge is 0.0481 e. The quantitative estimate of drug-likeness (QED) is 0.856. The first kappa shape index (κ1) is 11.0. The highest BCUT2D eigenvalue weighted by atomic mass is 15.2.